The maximum atomic E-state index is 12.1. The smallest absolute Gasteiger partial charge is 0.191 e. The summed E-state index contributed by atoms with van der Waals surface area (Å²) in [5, 5.41) is 7.58. The summed E-state index contributed by atoms with van der Waals surface area (Å²) in [6, 6.07) is 10.5. The van der Waals surface area contributed by atoms with Gasteiger partial charge in [0.25, 0.3) is 0 Å². The van der Waals surface area contributed by atoms with Crippen molar-refractivity contribution in [1.82, 2.24) is 10.6 Å². The van der Waals surface area contributed by atoms with Crippen LogP contribution in [0.25, 0.3) is 0 Å². The van der Waals surface area contributed by atoms with E-state index < -0.39 is 10.8 Å². The Morgan fingerprint density at radius 3 is 2.76 bits per heavy atom. The third-order valence-electron chi connectivity index (χ3n) is 4.14. The highest BCUT2D eigenvalue weighted by Gasteiger charge is 2.24. The van der Waals surface area contributed by atoms with Crippen molar-refractivity contribution in [2.45, 2.75) is 43.2 Å². The predicted octanol–water partition coefficient (Wildman–Crippen LogP) is 3.39. The standard InChI is InChI=1S/C18H29N3OS2.HI/c1-3-23-17-10-9-16(13-17)21-18(19-2)20-11-12-24(22)14-15-7-5-4-6-8-15;/h4-8,16-17H,3,9-14H2,1-2H3,(H2,19,20,21);1H. The Morgan fingerprint density at radius 2 is 2.08 bits per heavy atom. The predicted molar refractivity (Wildman–Crippen MR) is 123 cm³/mol. The summed E-state index contributed by atoms with van der Waals surface area (Å²) in [5.41, 5.74) is 1.13. The van der Waals surface area contributed by atoms with Crippen LogP contribution in [0.1, 0.15) is 31.7 Å². The molecule has 1 aromatic rings. The van der Waals surface area contributed by atoms with Crippen LogP contribution < -0.4 is 10.6 Å². The zero-order chi connectivity index (χ0) is 17.2. The number of benzene rings is 1. The van der Waals surface area contributed by atoms with E-state index in [0.717, 1.165) is 16.8 Å². The lowest BCUT2D eigenvalue weighted by molar-refractivity contribution is 0.617. The molecular weight excluding hydrogens is 465 g/mol. The first kappa shape index (κ1) is 22.8. The highest BCUT2D eigenvalue weighted by molar-refractivity contribution is 14.0. The van der Waals surface area contributed by atoms with Gasteiger partial charge in [0.05, 0.1) is 0 Å². The molecule has 3 unspecified atom stereocenters. The van der Waals surface area contributed by atoms with Crippen LogP contribution in [0.15, 0.2) is 35.3 Å². The van der Waals surface area contributed by atoms with E-state index in [1.807, 2.05) is 30.3 Å². The zero-order valence-electron chi connectivity index (χ0n) is 15.1. The molecular formula is C18H30IN3OS2. The summed E-state index contributed by atoms with van der Waals surface area (Å²) in [7, 11) is 0.945. The number of hydrogen-bond acceptors (Lipinski definition) is 3. The Labute approximate surface area is 175 Å². The molecule has 0 aromatic heterocycles. The lowest BCUT2D eigenvalue weighted by Crippen LogP contribution is -2.43. The molecule has 2 rings (SSSR count). The molecule has 0 spiro atoms. The van der Waals surface area contributed by atoms with Gasteiger partial charge in [0, 0.05) is 47.2 Å². The van der Waals surface area contributed by atoms with Gasteiger partial charge in [-0.1, -0.05) is 37.3 Å². The second-order valence-corrected chi connectivity index (χ2v) is 9.16. The molecule has 0 bridgehead atoms. The number of nitrogens with zero attached hydrogens (tertiary/aromatic N) is 1. The normalized spacial score (nSPS) is 21.4. The molecule has 142 valence electrons. The Morgan fingerprint density at radius 1 is 1.32 bits per heavy atom. The van der Waals surface area contributed by atoms with Gasteiger partial charge in [0.1, 0.15) is 0 Å². The van der Waals surface area contributed by atoms with Gasteiger partial charge in [-0.05, 0) is 30.6 Å². The topological polar surface area (TPSA) is 53.5 Å². The monoisotopic (exact) mass is 495 g/mol. The molecule has 7 heteroatoms. The van der Waals surface area contributed by atoms with Crippen LogP contribution in [0.3, 0.4) is 0 Å². The summed E-state index contributed by atoms with van der Waals surface area (Å²) in [6.07, 6.45) is 3.70. The molecule has 0 amide bonds. The van der Waals surface area contributed by atoms with E-state index in [2.05, 4.69) is 34.3 Å². The molecule has 3 atom stereocenters. The number of hydrogen-bond donors (Lipinski definition) is 2. The minimum Gasteiger partial charge on any atom is -0.355 e. The highest BCUT2D eigenvalue weighted by atomic mass is 127. The SMILES string of the molecule is CCSC1CCC(NC(=NC)NCCS(=O)Cc2ccccc2)C1.I. The average Bonchev–Trinajstić information content (AvgIpc) is 3.02. The second kappa shape index (κ2) is 13.0. The first-order chi connectivity index (χ1) is 11.7. The third kappa shape index (κ3) is 8.77. The van der Waals surface area contributed by atoms with Crippen molar-refractivity contribution < 1.29 is 4.21 Å². The van der Waals surface area contributed by atoms with E-state index >= 15 is 0 Å². The van der Waals surface area contributed by atoms with Crippen molar-refractivity contribution >= 4 is 52.5 Å². The van der Waals surface area contributed by atoms with Crippen LogP contribution in [0.2, 0.25) is 0 Å². The number of thioether (sulfide) groups is 1. The molecule has 1 aliphatic carbocycles. The maximum Gasteiger partial charge on any atom is 0.191 e. The molecule has 0 saturated heterocycles. The zero-order valence-corrected chi connectivity index (χ0v) is 19.0. The maximum absolute atomic E-state index is 12.1. The van der Waals surface area contributed by atoms with E-state index in [4.69, 9.17) is 0 Å². The van der Waals surface area contributed by atoms with Crippen molar-refractivity contribution in [3.05, 3.63) is 35.9 Å². The van der Waals surface area contributed by atoms with Gasteiger partial charge in [-0.15, -0.1) is 24.0 Å². The van der Waals surface area contributed by atoms with E-state index in [1.54, 1.807) is 7.05 Å². The molecule has 2 N–H and O–H groups in total. The lowest BCUT2D eigenvalue weighted by atomic mass is 10.2. The van der Waals surface area contributed by atoms with E-state index in [9.17, 15) is 4.21 Å². The summed E-state index contributed by atoms with van der Waals surface area (Å²) in [5.74, 6) is 3.28. The second-order valence-electron chi connectivity index (χ2n) is 6.00. The summed E-state index contributed by atoms with van der Waals surface area (Å²) in [6.45, 7) is 2.90. The lowest BCUT2D eigenvalue weighted by Gasteiger charge is -2.17. The minimum absolute atomic E-state index is 0. The first-order valence-electron chi connectivity index (χ1n) is 8.69. The largest absolute Gasteiger partial charge is 0.355 e. The first-order valence-corrected chi connectivity index (χ1v) is 11.2. The quantitative estimate of drug-likeness (QED) is 0.330. The molecule has 25 heavy (non-hydrogen) atoms. The van der Waals surface area contributed by atoms with E-state index in [1.165, 1.54) is 25.0 Å². The summed E-state index contributed by atoms with van der Waals surface area (Å²) in [4.78, 5) is 4.29. The molecule has 1 fully saturated rings. The van der Waals surface area contributed by atoms with Gasteiger partial charge < -0.3 is 10.6 Å². The van der Waals surface area contributed by atoms with Gasteiger partial charge in [0.15, 0.2) is 5.96 Å². The Bertz CT molecular complexity index is 542. The van der Waals surface area contributed by atoms with Gasteiger partial charge in [-0.25, -0.2) is 0 Å². The fourth-order valence-electron chi connectivity index (χ4n) is 2.96. The number of rotatable bonds is 8. The Hall–Kier alpha value is -0.280. The fourth-order valence-corrected chi connectivity index (χ4v) is 5.14. The van der Waals surface area contributed by atoms with Gasteiger partial charge in [-0.3, -0.25) is 9.20 Å². The number of halogens is 1. The molecule has 4 nitrogen and oxygen atoms in total. The van der Waals surface area contributed by atoms with Crippen LogP contribution in [0.5, 0.6) is 0 Å². The minimum atomic E-state index is -0.850. The Kier molecular flexibility index (Phi) is 11.8. The van der Waals surface area contributed by atoms with Gasteiger partial charge in [0.2, 0.25) is 0 Å². The van der Waals surface area contributed by atoms with Crippen molar-refractivity contribution in [2.24, 2.45) is 4.99 Å². The Balaban J connectivity index is 0.00000312. The molecule has 0 aliphatic heterocycles. The average molecular weight is 495 g/mol. The van der Waals surface area contributed by atoms with Crippen molar-refractivity contribution in [3.8, 4) is 0 Å². The summed E-state index contributed by atoms with van der Waals surface area (Å²) >= 11 is 2.06. The third-order valence-corrected chi connectivity index (χ3v) is 6.69. The van der Waals surface area contributed by atoms with Crippen LogP contribution in [-0.4, -0.2) is 46.6 Å². The molecule has 0 radical (unpaired) electrons. The van der Waals surface area contributed by atoms with Gasteiger partial charge in [-0.2, -0.15) is 11.8 Å². The van der Waals surface area contributed by atoms with E-state index in [-0.39, 0.29) is 24.0 Å². The summed E-state index contributed by atoms with van der Waals surface area (Å²) < 4.78 is 12.1. The molecule has 0 heterocycles. The number of aliphatic imine (C=N–C) groups is 1. The highest BCUT2D eigenvalue weighted by Crippen LogP contribution is 2.29. The van der Waals surface area contributed by atoms with Crippen LogP contribution >= 0.6 is 35.7 Å². The van der Waals surface area contributed by atoms with Crippen molar-refractivity contribution in [3.63, 3.8) is 0 Å². The van der Waals surface area contributed by atoms with Crippen LogP contribution in [-0.2, 0) is 16.6 Å². The number of guanidine groups is 1. The van der Waals surface area contributed by atoms with E-state index in [0.29, 0.717) is 24.1 Å². The van der Waals surface area contributed by atoms with Crippen molar-refractivity contribution in [2.75, 3.05) is 25.1 Å². The van der Waals surface area contributed by atoms with Crippen LogP contribution in [0.4, 0.5) is 0 Å². The molecule has 1 aliphatic rings. The molecule has 1 aromatic carbocycles. The van der Waals surface area contributed by atoms with Gasteiger partial charge >= 0.3 is 0 Å². The van der Waals surface area contributed by atoms with Crippen molar-refractivity contribution in [1.29, 1.82) is 0 Å². The molecule has 1 saturated carbocycles. The fraction of sp³-hybridized carbons (Fsp3) is 0.611. The van der Waals surface area contributed by atoms with Crippen LogP contribution in [0, 0.1) is 0 Å². The number of nitrogens with one attached hydrogen (secondary N) is 2.